The molecule has 0 aromatic carbocycles. The molecule has 6 nitrogen and oxygen atoms in total. The summed E-state index contributed by atoms with van der Waals surface area (Å²) in [6, 6.07) is -0.359. The van der Waals surface area contributed by atoms with Crippen LogP contribution in [0, 0.1) is 0 Å². The average molecular weight is 224 g/mol. The van der Waals surface area contributed by atoms with Crippen molar-refractivity contribution in [2.24, 2.45) is 0 Å². The number of nitrogens with zero attached hydrogens (tertiary/aromatic N) is 4. The maximum absolute atomic E-state index is 11.0. The molecule has 1 fully saturated rings. The summed E-state index contributed by atoms with van der Waals surface area (Å²) in [6.07, 6.45) is 3.19. The van der Waals surface area contributed by atoms with Crippen LogP contribution in [0.1, 0.15) is 25.6 Å². The van der Waals surface area contributed by atoms with Crippen LogP contribution < -0.4 is 0 Å². The lowest BCUT2D eigenvalue weighted by molar-refractivity contribution is -0.142. The van der Waals surface area contributed by atoms with Crippen LogP contribution in [0.15, 0.2) is 6.33 Å². The van der Waals surface area contributed by atoms with Crippen molar-refractivity contribution < 1.29 is 9.90 Å². The van der Waals surface area contributed by atoms with Crippen molar-refractivity contribution >= 4 is 5.97 Å². The van der Waals surface area contributed by atoms with E-state index in [4.69, 9.17) is 5.11 Å². The van der Waals surface area contributed by atoms with Gasteiger partial charge in [0, 0.05) is 6.54 Å². The third-order valence-corrected chi connectivity index (χ3v) is 2.99. The van der Waals surface area contributed by atoms with Gasteiger partial charge in [-0.3, -0.25) is 9.69 Å². The van der Waals surface area contributed by atoms with Gasteiger partial charge in [0.1, 0.15) is 18.2 Å². The summed E-state index contributed by atoms with van der Waals surface area (Å²) in [5.74, 6) is 0.107. The SMILES string of the molecule is CCn1ncnc1CN1CCCC1C(=O)O. The summed E-state index contributed by atoms with van der Waals surface area (Å²) in [7, 11) is 0. The van der Waals surface area contributed by atoms with Crippen LogP contribution in [0.2, 0.25) is 0 Å². The molecule has 0 radical (unpaired) electrons. The molecule has 1 N–H and O–H groups in total. The quantitative estimate of drug-likeness (QED) is 0.799. The molecule has 1 atom stereocenters. The Labute approximate surface area is 93.9 Å². The lowest BCUT2D eigenvalue weighted by Crippen LogP contribution is -2.36. The second-order valence-electron chi connectivity index (χ2n) is 3.96. The topological polar surface area (TPSA) is 71.2 Å². The highest BCUT2D eigenvalue weighted by Gasteiger charge is 2.31. The minimum absolute atomic E-state index is 0.359. The van der Waals surface area contributed by atoms with E-state index in [1.165, 1.54) is 6.33 Å². The van der Waals surface area contributed by atoms with Gasteiger partial charge in [0.2, 0.25) is 0 Å². The first kappa shape index (κ1) is 11.1. The molecule has 0 aliphatic carbocycles. The number of aromatic nitrogens is 3. The van der Waals surface area contributed by atoms with Gasteiger partial charge in [0.25, 0.3) is 0 Å². The van der Waals surface area contributed by atoms with Crippen LogP contribution in [0.3, 0.4) is 0 Å². The van der Waals surface area contributed by atoms with Gasteiger partial charge in [0.05, 0.1) is 6.54 Å². The fourth-order valence-corrected chi connectivity index (χ4v) is 2.15. The summed E-state index contributed by atoms with van der Waals surface area (Å²) < 4.78 is 1.80. The number of carbonyl (C=O) groups is 1. The van der Waals surface area contributed by atoms with Gasteiger partial charge in [-0.25, -0.2) is 9.67 Å². The Morgan fingerprint density at radius 2 is 2.50 bits per heavy atom. The van der Waals surface area contributed by atoms with Crippen LogP contribution in [0.4, 0.5) is 0 Å². The number of aliphatic carboxylic acids is 1. The first-order valence-electron chi connectivity index (χ1n) is 5.56. The molecule has 6 heteroatoms. The Kier molecular flexibility index (Phi) is 3.19. The fourth-order valence-electron chi connectivity index (χ4n) is 2.15. The summed E-state index contributed by atoms with van der Waals surface area (Å²) in [5, 5.41) is 13.1. The largest absolute Gasteiger partial charge is 0.480 e. The standard InChI is InChI=1S/C10H16N4O2/c1-2-14-9(11-7-12-14)6-13-5-3-4-8(13)10(15)16/h7-8H,2-6H2,1H3,(H,15,16). The lowest BCUT2D eigenvalue weighted by Gasteiger charge is -2.20. The monoisotopic (exact) mass is 224 g/mol. The minimum Gasteiger partial charge on any atom is -0.480 e. The Hall–Kier alpha value is -1.43. The molecule has 1 aliphatic rings. The number of hydrogen-bond donors (Lipinski definition) is 1. The number of likely N-dealkylation sites (tertiary alicyclic amines) is 1. The van der Waals surface area contributed by atoms with Crippen molar-refractivity contribution in [3.63, 3.8) is 0 Å². The molecule has 0 saturated carbocycles. The molecule has 2 rings (SSSR count). The molecule has 0 spiro atoms. The van der Waals surface area contributed by atoms with Crippen LogP contribution in [0.5, 0.6) is 0 Å². The van der Waals surface area contributed by atoms with Gasteiger partial charge >= 0.3 is 5.97 Å². The van der Waals surface area contributed by atoms with E-state index in [-0.39, 0.29) is 6.04 Å². The van der Waals surface area contributed by atoms with Crippen LogP contribution >= 0.6 is 0 Å². The molecule has 1 saturated heterocycles. The maximum atomic E-state index is 11.0. The zero-order chi connectivity index (χ0) is 11.5. The number of carboxylic acids is 1. The van der Waals surface area contributed by atoms with Crippen molar-refractivity contribution in [2.45, 2.75) is 38.9 Å². The zero-order valence-electron chi connectivity index (χ0n) is 9.33. The van der Waals surface area contributed by atoms with Gasteiger partial charge in [0.15, 0.2) is 0 Å². The maximum Gasteiger partial charge on any atom is 0.320 e. The van der Waals surface area contributed by atoms with Crippen molar-refractivity contribution in [1.82, 2.24) is 19.7 Å². The van der Waals surface area contributed by atoms with Crippen molar-refractivity contribution in [1.29, 1.82) is 0 Å². The van der Waals surface area contributed by atoms with Crippen molar-refractivity contribution in [2.75, 3.05) is 6.54 Å². The van der Waals surface area contributed by atoms with Gasteiger partial charge in [-0.05, 0) is 26.3 Å². The van der Waals surface area contributed by atoms with Gasteiger partial charge in [-0.2, -0.15) is 5.10 Å². The van der Waals surface area contributed by atoms with Gasteiger partial charge < -0.3 is 5.11 Å². The third kappa shape index (κ3) is 2.06. The van der Waals surface area contributed by atoms with E-state index in [1.54, 1.807) is 4.68 Å². The van der Waals surface area contributed by atoms with E-state index < -0.39 is 5.97 Å². The van der Waals surface area contributed by atoms with E-state index in [0.717, 1.165) is 31.8 Å². The van der Waals surface area contributed by atoms with Crippen LogP contribution in [0.25, 0.3) is 0 Å². The molecule has 88 valence electrons. The molecule has 16 heavy (non-hydrogen) atoms. The second kappa shape index (κ2) is 4.61. The summed E-state index contributed by atoms with van der Waals surface area (Å²) in [4.78, 5) is 17.1. The van der Waals surface area contributed by atoms with E-state index in [0.29, 0.717) is 6.54 Å². The summed E-state index contributed by atoms with van der Waals surface area (Å²) in [5.41, 5.74) is 0. The smallest absolute Gasteiger partial charge is 0.320 e. The van der Waals surface area contributed by atoms with E-state index >= 15 is 0 Å². The molecular formula is C10H16N4O2. The fraction of sp³-hybridized carbons (Fsp3) is 0.700. The first-order valence-corrected chi connectivity index (χ1v) is 5.56. The zero-order valence-corrected chi connectivity index (χ0v) is 9.33. The second-order valence-corrected chi connectivity index (χ2v) is 3.96. The predicted molar refractivity (Wildman–Crippen MR) is 56.8 cm³/mol. The van der Waals surface area contributed by atoms with Crippen molar-refractivity contribution in [3.8, 4) is 0 Å². The Balaban J connectivity index is 2.06. The third-order valence-electron chi connectivity index (χ3n) is 2.99. The van der Waals surface area contributed by atoms with Crippen LogP contribution in [-0.2, 0) is 17.9 Å². The number of carboxylic acid groups (broad SMARTS) is 1. The molecule has 0 amide bonds. The van der Waals surface area contributed by atoms with E-state index in [2.05, 4.69) is 10.1 Å². The molecule has 1 aromatic rings. The Morgan fingerprint density at radius 1 is 1.69 bits per heavy atom. The van der Waals surface area contributed by atoms with E-state index in [9.17, 15) is 4.79 Å². The minimum atomic E-state index is -0.736. The molecule has 1 aromatic heterocycles. The molecule has 1 unspecified atom stereocenters. The van der Waals surface area contributed by atoms with Gasteiger partial charge in [-0.1, -0.05) is 0 Å². The highest BCUT2D eigenvalue weighted by atomic mass is 16.4. The molecule has 2 heterocycles. The Morgan fingerprint density at radius 3 is 3.19 bits per heavy atom. The first-order chi connectivity index (χ1) is 7.72. The van der Waals surface area contributed by atoms with Crippen molar-refractivity contribution in [3.05, 3.63) is 12.2 Å². The summed E-state index contributed by atoms with van der Waals surface area (Å²) >= 11 is 0. The lowest BCUT2D eigenvalue weighted by atomic mass is 10.2. The normalized spacial score (nSPS) is 21.4. The Bertz CT molecular complexity index is 377. The average Bonchev–Trinajstić information content (AvgIpc) is 2.86. The summed E-state index contributed by atoms with van der Waals surface area (Å²) in [6.45, 7) is 4.16. The molecule has 0 bridgehead atoms. The van der Waals surface area contributed by atoms with Crippen LogP contribution in [-0.4, -0.2) is 43.3 Å². The highest BCUT2D eigenvalue weighted by molar-refractivity contribution is 5.73. The number of aryl methyl sites for hydroxylation is 1. The molecule has 1 aliphatic heterocycles. The van der Waals surface area contributed by atoms with E-state index in [1.807, 2.05) is 11.8 Å². The molecular weight excluding hydrogens is 208 g/mol. The number of rotatable bonds is 4. The predicted octanol–water partition coefficient (Wildman–Crippen LogP) is 0.347. The highest BCUT2D eigenvalue weighted by Crippen LogP contribution is 2.19. The van der Waals surface area contributed by atoms with Gasteiger partial charge in [-0.15, -0.1) is 0 Å². The number of hydrogen-bond acceptors (Lipinski definition) is 4.